The van der Waals surface area contributed by atoms with Gasteiger partial charge < -0.3 is 24.1 Å². The second-order valence-corrected chi connectivity index (χ2v) is 9.42. The van der Waals surface area contributed by atoms with Crippen LogP contribution in [0, 0.1) is 0 Å². The third-order valence-electron chi connectivity index (χ3n) is 6.24. The van der Waals surface area contributed by atoms with Gasteiger partial charge in [-0.3, -0.25) is 0 Å². The highest BCUT2D eigenvalue weighted by Gasteiger charge is 2.17. The number of rotatable bonds is 18. The van der Waals surface area contributed by atoms with Crippen LogP contribution in [0.5, 0.6) is 11.5 Å². The fourth-order valence-electron chi connectivity index (χ4n) is 4.03. The van der Waals surface area contributed by atoms with Gasteiger partial charge in [-0.05, 0) is 55.7 Å². The summed E-state index contributed by atoms with van der Waals surface area (Å²) in [5.41, 5.74) is 2.37. The first-order valence-corrected chi connectivity index (χ1v) is 13.5. The molecule has 0 amide bonds. The quantitative estimate of drug-likeness (QED) is 0.121. The molecule has 2 aromatic rings. The molecular weight excluding hydrogens is 512 g/mol. The molecule has 0 aliphatic carbocycles. The summed E-state index contributed by atoms with van der Waals surface area (Å²) in [6, 6.07) is 10.2. The van der Waals surface area contributed by atoms with E-state index in [4.69, 9.17) is 14.2 Å². The number of carboxylic acids is 1. The van der Waals surface area contributed by atoms with Crippen molar-refractivity contribution >= 4 is 24.0 Å². The summed E-state index contributed by atoms with van der Waals surface area (Å²) in [7, 11) is 2.81. The summed E-state index contributed by atoms with van der Waals surface area (Å²) in [4.78, 5) is 34.7. The van der Waals surface area contributed by atoms with Crippen LogP contribution in [0.4, 0.5) is 0 Å². The van der Waals surface area contributed by atoms with E-state index in [2.05, 4.69) is 11.3 Å². The molecule has 0 bridgehead atoms. The molecular formula is C32H40O8. The number of aromatic carboxylic acids is 1. The largest absolute Gasteiger partial charge is 0.496 e. The van der Waals surface area contributed by atoms with Crippen LogP contribution in [0.2, 0.25) is 0 Å². The van der Waals surface area contributed by atoms with Gasteiger partial charge in [-0.25, -0.2) is 14.4 Å². The highest BCUT2D eigenvalue weighted by Crippen LogP contribution is 2.36. The first-order chi connectivity index (χ1) is 19.3. The third-order valence-corrected chi connectivity index (χ3v) is 6.24. The van der Waals surface area contributed by atoms with E-state index in [1.807, 2.05) is 0 Å². The highest BCUT2D eigenvalue weighted by molar-refractivity contribution is 5.97. The van der Waals surface area contributed by atoms with Gasteiger partial charge in [0.05, 0.1) is 33.0 Å². The Balaban J connectivity index is 1.85. The molecule has 8 nitrogen and oxygen atoms in total. The number of carbonyl (C=O) groups excluding carboxylic acids is 2. The normalized spacial score (nSPS) is 10.8. The number of unbranched alkanes of at least 4 members (excludes halogenated alkanes) is 7. The lowest BCUT2D eigenvalue weighted by molar-refractivity contribution is -0.139. The van der Waals surface area contributed by atoms with Gasteiger partial charge in [0.1, 0.15) is 11.5 Å². The average molecular weight is 553 g/mol. The van der Waals surface area contributed by atoms with Crippen LogP contribution in [0.3, 0.4) is 0 Å². The molecule has 0 unspecified atom stereocenters. The SMILES string of the molecule is C=C(C)C(=O)OCCCCCCCCCCOc1ccc(C(=O)O)c(-c2ccc(/C=C/C(=O)OC)cc2OC)c1. The fraction of sp³-hybridized carbons (Fsp3) is 0.406. The molecule has 0 saturated carbocycles. The maximum absolute atomic E-state index is 11.9. The standard InChI is InChI=1S/C32H40O8/c1-23(2)32(36)40-20-12-10-8-6-5-7-9-11-19-39-25-15-17-27(31(34)35)28(22-25)26-16-13-24(21-29(26)37-3)14-18-30(33)38-4/h13-18,21-22H,1,5-12,19-20H2,2-4H3,(H,34,35)/b18-14+. The molecule has 0 saturated heterocycles. The van der Waals surface area contributed by atoms with Crippen LogP contribution in [0.25, 0.3) is 17.2 Å². The molecule has 0 aliphatic heterocycles. The Hall–Kier alpha value is -4.07. The topological polar surface area (TPSA) is 108 Å². The van der Waals surface area contributed by atoms with E-state index in [9.17, 15) is 19.5 Å². The number of ether oxygens (including phenoxy) is 4. The Morgan fingerprint density at radius 1 is 0.850 bits per heavy atom. The van der Waals surface area contributed by atoms with Gasteiger partial charge in [0.2, 0.25) is 0 Å². The smallest absolute Gasteiger partial charge is 0.336 e. The van der Waals surface area contributed by atoms with Gasteiger partial charge in [0.15, 0.2) is 0 Å². The molecule has 40 heavy (non-hydrogen) atoms. The molecule has 0 radical (unpaired) electrons. The van der Waals surface area contributed by atoms with Gasteiger partial charge in [-0.1, -0.05) is 57.2 Å². The predicted octanol–water partition coefficient (Wildman–Crippen LogP) is 6.87. The fourth-order valence-corrected chi connectivity index (χ4v) is 4.03. The van der Waals surface area contributed by atoms with Crippen LogP contribution in [0.15, 0.2) is 54.6 Å². The van der Waals surface area contributed by atoms with Gasteiger partial charge in [-0.15, -0.1) is 0 Å². The van der Waals surface area contributed by atoms with Crippen LogP contribution in [0.1, 0.15) is 74.2 Å². The maximum atomic E-state index is 11.9. The lowest BCUT2D eigenvalue weighted by atomic mass is 9.97. The first kappa shape index (κ1) is 32.1. The molecule has 1 N–H and O–H groups in total. The van der Waals surface area contributed by atoms with Gasteiger partial charge >= 0.3 is 17.9 Å². The minimum atomic E-state index is -1.05. The summed E-state index contributed by atoms with van der Waals surface area (Å²) < 4.78 is 21.2. The van der Waals surface area contributed by atoms with E-state index in [1.165, 1.54) is 26.4 Å². The number of carbonyl (C=O) groups is 3. The van der Waals surface area contributed by atoms with E-state index in [1.54, 1.807) is 43.3 Å². The molecule has 2 rings (SSSR count). The van der Waals surface area contributed by atoms with Crippen molar-refractivity contribution in [2.75, 3.05) is 27.4 Å². The second kappa shape index (κ2) is 17.5. The van der Waals surface area contributed by atoms with Crippen LogP contribution in [-0.2, 0) is 19.1 Å². The average Bonchev–Trinajstić information content (AvgIpc) is 2.95. The zero-order valence-electron chi connectivity index (χ0n) is 23.7. The zero-order chi connectivity index (χ0) is 29.3. The molecule has 0 atom stereocenters. The summed E-state index contributed by atoms with van der Waals surface area (Å²) >= 11 is 0. The molecule has 0 spiro atoms. The monoisotopic (exact) mass is 552 g/mol. The Bertz CT molecular complexity index is 1180. The van der Waals surface area contributed by atoms with Crippen molar-refractivity contribution in [1.29, 1.82) is 0 Å². The molecule has 8 heteroatoms. The van der Waals surface area contributed by atoms with E-state index < -0.39 is 11.9 Å². The number of esters is 2. The number of benzene rings is 2. The van der Waals surface area contributed by atoms with Crippen LogP contribution < -0.4 is 9.47 Å². The molecule has 216 valence electrons. The Labute approximate surface area is 236 Å². The van der Waals surface area contributed by atoms with Crippen LogP contribution >= 0.6 is 0 Å². The van der Waals surface area contributed by atoms with Crippen molar-refractivity contribution in [1.82, 2.24) is 0 Å². The second-order valence-electron chi connectivity index (χ2n) is 9.42. The van der Waals surface area contributed by atoms with E-state index in [-0.39, 0.29) is 11.5 Å². The zero-order valence-corrected chi connectivity index (χ0v) is 23.7. The number of hydrogen-bond acceptors (Lipinski definition) is 7. The maximum Gasteiger partial charge on any atom is 0.336 e. The summed E-state index contributed by atoms with van der Waals surface area (Å²) in [6.07, 6.45) is 11.3. The number of carboxylic acid groups (broad SMARTS) is 1. The van der Waals surface area contributed by atoms with Crippen molar-refractivity contribution in [2.45, 2.75) is 58.3 Å². The minimum Gasteiger partial charge on any atom is -0.496 e. The third kappa shape index (κ3) is 11.0. The molecule has 0 heterocycles. The lowest BCUT2D eigenvalue weighted by Crippen LogP contribution is -2.05. The Kier molecular flexibility index (Phi) is 14.1. The first-order valence-electron chi connectivity index (χ1n) is 13.5. The molecule has 0 aromatic heterocycles. The van der Waals surface area contributed by atoms with Crippen molar-refractivity contribution in [3.8, 4) is 22.6 Å². The van der Waals surface area contributed by atoms with Crippen molar-refractivity contribution < 1.29 is 38.4 Å². The van der Waals surface area contributed by atoms with E-state index in [0.29, 0.717) is 47.0 Å². The summed E-state index contributed by atoms with van der Waals surface area (Å²) in [5, 5.41) is 9.76. The Morgan fingerprint density at radius 3 is 2.10 bits per heavy atom. The molecule has 0 aliphatic rings. The predicted molar refractivity (Wildman–Crippen MR) is 155 cm³/mol. The van der Waals surface area contributed by atoms with Gasteiger partial charge in [0, 0.05) is 22.8 Å². The van der Waals surface area contributed by atoms with E-state index >= 15 is 0 Å². The van der Waals surface area contributed by atoms with Crippen molar-refractivity contribution in [3.05, 3.63) is 65.8 Å². The highest BCUT2D eigenvalue weighted by atomic mass is 16.5. The van der Waals surface area contributed by atoms with Gasteiger partial charge in [0.25, 0.3) is 0 Å². The van der Waals surface area contributed by atoms with Crippen molar-refractivity contribution in [3.63, 3.8) is 0 Å². The van der Waals surface area contributed by atoms with Crippen LogP contribution in [-0.4, -0.2) is 50.4 Å². The van der Waals surface area contributed by atoms with E-state index in [0.717, 1.165) is 51.4 Å². The minimum absolute atomic E-state index is 0.137. The van der Waals surface area contributed by atoms with Gasteiger partial charge in [-0.2, -0.15) is 0 Å². The lowest BCUT2D eigenvalue weighted by Gasteiger charge is -2.14. The Morgan fingerprint density at radius 2 is 1.50 bits per heavy atom. The molecule has 0 fully saturated rings. The summed E-state index contributed by atoms with van der Waals surface area (Å²) in [6.45, 7) is 6.20. The summed E-state index contributed by atoms with van der Waals surface area (Å²) in [5.74, 6) is -0.789. The van der Waals surface area contributed by atoms with Crippen molar-refractivity contribution in [2.24, 2.45) is 0 Å². The number of methoxy groups -OCH3 is 2. The number of hydrogen-bond donors (Lipinski definition) is 1. The molecule has 2 aromatic carbocycles.